The predicted octanol–water partition coefficient (Wildman–Crippen LogP) is 5.28. The van der Waals surface area contributed by atoms with Crippen LogP contribution < -0.4 is 0 Å². The Labute approximate surface area is 255 Å². The molecule has 4 atom stereocenters. The van der Waals surface area contributed by atoms with Crippen molar-refractivity contribution < 1.29 is 24.4 Å². The Morgan fingerprint density at radius 1 is 1.24 bits per heavy atom. The third kappa shape index (κ3) is 5.51. The molecule has 42 heavy (non-hydrogen) atoms. The van der Waals surface area contributed by atoms with Gasteiger partial charge in [0, 0.05) is 39.8 Å². The van der Waals surface area contributed by atoms with Gasteiger partial charge >= 0.3 is 5.97 Å². The number of aromatic nitrogens is 1. The molecule has 0 unspecified atom stereocenters. The maximum absolute atomic E-state index is 13.4. The molecule has 3 aliphatic rings. The van der Waals surface area contributed by atoms with Gasteiger partial charge in [-0.1, -0.05) is 18.7 Å². The van der Waals surface area contributed by atoms with E-state index in [1.54, 1.807) is 29.6 Å². The first-order chi connectivity index (χ1) is 20.2. The molecule has 10 nitrogen and oxygen atoms in total. The highest BCUT2D eigenvalue weighted by atomic mass is 32.2. The van der Waals surface area contributed by atoms with Gasteiger partial charge in [-0.25, -0.2) is 9.78 Å². The Bertz CT molecular complexity index is 1540. The molecule has 3 aliphatic heterocycles. The van der Waals surface area contributed by atoms with Crippen molar-refractivity contribution in [3.05, 3.63) is 72.9 Å². The molecule has 0 radical (unpaired) electrons. The van der Waals surface area contributed by atoms with Crippen LogP contribution >= 0.6 is 34.4 Å². The number of β-lactam (4-membered cyclic amide) rings is 1. The van der Waals surface area contributed by atoms with Crippen molar-refractivity contribution in [2.45, 2.75) is 57.0 Å². The number of thiophene rings is 1. The zero-order valence-corrected chi connectivity index (χ0v) is 25.5. The lowest BCUT2D eigenvalue weighted by Crippen LogP contribution is -2.63. The van der Waals surface area contributed by atoms with E-state index in [1.165, 1.54) is 58.6 Å². The van der Waals surface area contributed by atoms with Gasteiger partial charge in [-0.15, -0.1) is 22.7 Å². The van der Waals surface area contributed by atoms with Crippen LogP contribution in [0.5, 0.6) is 0 Å². The fourth-order valence-corrected chi connectivity index (χ4v) is 9.01. The summed E-state index contributed by atoms with van der Waals surface area (Å²) in [6.45, 7) is 6.70. The smallest absolute Gasteiger partial charge is 0.356 e. The number of nitro groups is 1. The van der Waals surface area contributed by atoms with E-state index in [0.717, 1.165) is 34.5 Å². The summed E-state index contributed by atoms with van der Waals surface area (Å²) in [7, 11) is 0. The van der Waals surface area contributed by atoms with E-state index in [-0.39, 0.29) is 35.9 Å². The van der Waals surface area contributed by atoms with Crippen molar-refractivity contribution >= 4 is 52.0 Å². The first kappa shape index (κ1) is 29.0. The average molecular weight is 627 g/mol. The minimum atomic E-state index is -0.845. The van der Waals surface area contributed by atoms with Gasteiger partial charge in [-0.3, -0.25) is 19.8 Å². The number of amides is 1. The van der Waals surface area contributed by atoms with E-state index in [2.05, 4.69) is 17.0 Å². The average Bonchev–Trinajstić information content (AvgIpc) is 3.77. The second-order valence-electron chi connectivity index (χ2n) is 10.8. The van der Waals surface area contributed by atoms with E-state index in [1.807, 2.05) is 12.3 Å². The highest BCUT2D eigenvalue weighted by molar-refractivity contribution is 8.03. The number of aliphatic hydroxyl groups is 1. The number of thiazole rings is 1. The van der Waals surface area contributed by atoms with E-state index in [9.17, 15) is 24.8 Å². The fraction of sp³-hybridized carbons (Fsp3) is 0.414. The monoisotopic (exact) mass is 626 g/mol. The van der Waals surface area contributed by atoms with Crippen LogP contribution in [0.1, 0.15) is 37.1 Å². The van der Waals surface area contributed by atoms with Gasteiger partial charge in [-0.05, 0) is 62.7 Å². The SMILES string of the molecule is C[C@@H](O)[C@H]1C(=O)N2C(C(=O)OCc3ccc([N+](=O)[O-])cc3)=C(Sc3csc(-c4ccc(CN5CCCC5)s4)n3)[C@H](C)[C@H]12. The second kappa shape index (κ2) is 11.9. The zero-order valence-electron chi connectivity index (χ0n) is 23.1. The van der Waals surface area contributed by atoms with Crippen LogP contribution in [0, 0.1) is 22.0 Å². The van der Waals surface area contributed by atoms with Gasteiger partial charge in [0.2, 0.25) is 5.91 Å². The lowest BCUT2D eigenvalue weighted by atomic mass is 9.79. The van der Waals surface area contributed by atoms with Crippen molar-refractivity contribution in [1.82, 2.24) is 14.8 Å². The van der Waals surface area contributed by atoms with Crippen LogP contribution in [0.15, 0.2) is 57.4 Å². The molecule has 220 valence electrons. The largest absolute Gasteiger partial charge is 0.456 e. The Balaban J connectivity index is 1.21. The number of hydrogen-bond acceptors (Lipinski definition) is 11. The molecule has 2 fully saturated rings. The van der Waals surface area contributed by atoms with Gasteiger partial charge in [-0.2, -0.15) is 0 Å². The summed E-state index contributed by atoms with van der Waals surface area (Å²) in [4.78, 5) is 48.9. The molecule has 2 aromatic heterocycles. The van der Waals surface area contributed by atoms with E-state index in [0.29, 0.717) is 10.5 Å². The highest BCUT2D eigenvalue weighted by Crippen LogP contribution is 2.52. The number of likely N-dealkylation sites (tertiary alicyclic amines) is 1. The van der Waals surface area contributed by atoms with Crippen molar-refractivity contribution in [2.24, 2.45) is 11.8 Å². The number of esters is 1. The molecule has 1 amide bonds. The predicted molar refractivity (Wildman–Crippen MR) is 161 cm³/mol. The van der Waals surface area contributed by atoms with E-state index in [4.69, 9.17) is 9.72 Å². The van der Waals surface area contributed by atoms with E-state index < -0.39 is 22.9 Å². The summed E-state index contributed by atoms with van der Waals surface area (Å²) in [5, 5.41) is 24.8. The molecular weight excluding hydrogens is 597 g/mol. The normalized spacial score (nSPS) is 22.8. The van der Waals surface area contributed by atoms with Gasteiger partial charge < -0.3 is 14.7 Å². The topological polar surface area (TPSA) is 126 Å². The van der Waals surface area contributed by atoms with Crippen molar-refractivity contribution in [1.29, 1.82) is 0 Å². The lowest BCUT2D eigenvalue weighted by Gasteiger charge is -2.46. The summed E-state index contributed by atoms with van der Waals surface area (Å²) in [6, 6.07) is 9.71. The fourth-order valence-electron chi connectivity index (χ4n) is 5.85. The van der Waals surface area contributed by atoms with Gasteiger partial charge in [0.1, 0.15) is 22.3 Å². The molecule has 6 rings (SSSR count). The third-order valence-corrected chi connectivity index (χ3v) is 11.4. The maximum Gasteiger partial charge on any atom is 0.356 e. The van der Waals surface area contributed by atoms with Crippen LogP contribution in [-0.2, 0) is 27.5 Å². The summed E-state index contributed by atoms with van der Waals surface area (Å²) < 4.78 is 5.60. The Kier molecular flexibility index (Phi) is 8.20. The summed E-state index contributed by atoms with van der Waals surface area (Å²) >= 11 is 4.65. The summed E-state index contributed by atoms with van der Waals surface area (Å²) in [6.07, 6.45) is 1.67. The van der Waals surface area contributed by atoms with Gasteiger partial charge in [0.25, 0.3) is 5.69 Å². The van der Waals surface area contributed by atoms with Crippen LogP contribution in [-0.4, -0.2) is 61.9 Å². The molecule has 3 aromatic rings. The standard InChI is InChI=1S/C29H30N4O6S3/c1-16-24-23(17(2)34)28(35)32(24)25(29(36)39-14-18-5-7-19(8-6-18)33(37)38)26(16)42-22-15-40-27(30-22)21-10-9-20(41-21)13-31-11-3-4-12-31/h5-10,15-17,23-24,34H,3-4,11-14H2,1-2H3/t16-,17-,23-,24-/m1/s1. The Hall–Kier alpha value is -3.10. The molecule has 0 bridgehead atoms. The third-order valence-electron chi connectivity index (χ3n) is 7.97. The number of benzene rings is 1. The van der Waals surface area contributed by atoms with Crippen LogP contribution in [0.3, 0.4) is 0 Å². The van der Waals surface area contributed by atoms with Gasteiger partial charge in [0.15, 0.2) is 0 Å². The number of non-ortho nitro benzene ring substituents is 1. The minimum absolute atomic E-state index is 0.0535. The first-order valence-corrected chi connectivity index (χ1v) is 16.3. The molecule has 1 aromatic carbocycles. The molecule has 0 spiro atoms. The number of carbonyl (C=O) groups is 2. The molecule has 0 aliphatic carbocycles. The number of hydrogen-bond donors (Lipinski definition) is 1. The minimum Gasteiger partial charge on any atom is -0.456 e. The first-order valence-electron chi connectivity index (χ1n) is 13.8. The van der Waals surface area contributed by atoms with E-state index >= 15 is 0 Å². The number of thioether (sulfide) groups is 1. The summed E-state index contributed by atoms with van der Waals surface area (Å²) in [5.41, 5.74) is 0.717. The summed E-state index contributed by atoms with van der Waals surface area (Å²) in [5.74, 6) is -1.75. The number of nitrogens with zero attached hydrogens (tertiary/aromatic N) is 4. The Morgan fingerprint density at radius 3 is 2.67 bits per heavy atom. The number of carbonyl (C=O) groups excluding carboxylic acids is 2. The number of nitro benzene ring substituents is 1. The van der Waals surface area contributed by atoms with Crippen LogP contribution in [0.2, 0.25) is 0 Å². The molecule has 0 saturated carbocycles. The van der Waals surface area contributed by atoms with Crippen molar-refractivity contribution in [3.8, 4) is 9.88 Å². The van der Waals surface area contributed by atoms with Crippen molar-refractivity contribution in [3.63, 3.8) is 0 Å². The highest BCUT2D eigenvalue weighted by Gasteiger charge is 2.60. The molecule has 5 heterocycles. The molecular formula is C29H30N4O6S3. The second-order valence-corrected chi connectivity index (χ2v) is 13.9. The number of fused-ring (bicyclic) bond motifs is 1. The maximum atomic E-state index is 13.4. The van der Waals surface area contributed by atoms with Crippen molar-refractivity contribution in [2.75, 3.05) is 13.1 Å². The number of rotatable bonds is 10. The Morgan fingerprint density at radius 2 is 1.98 bits per heavy atom. The van der Waals surface area contributed by atoms with Gasteiger partial charge in [0.05, 0.1) is 27.9 Å². The quantitative estimate of drug-likeness (QED) is 0.138. The number of aliphatic hydroxyl groups excluding tert-OH is 1. The molecule has 1 N–H and O–H groups in total. The van der Waals surface area contributed by atoms with Crippen LogP contribution in [0.25, 0.3) is 9.88 Å². The zero-order chi connectivity index (χ0) is 29.5. The van der Waals surface area contributed by atoms with Crippen LogP contribution in [0.4, 0.5) is 5.69 Å². The number of ether oxygens (including phenoxy) is 1. The molecule has 13 heteroatoms. The molecule has 2 saturated heterocycles. The lowest BCUT2D eigenvalue weighted by molar-refractivity contribution is -0.384.